The van der Waals surface area contributed by atoms with Crippen molar-refractivity contribution in [2.75, 3.05) is 5.32 Å². The van der Waals surface area contributed by atoms with Gasteiger partial charge in [-0.2, -0.15) is 0 Å². The predicted molar refractivity (Wildman–Crippen MR) is 99.3 cm³/mol. The van der Waals surface area contributed by atoms with E-state index in [2.05, 4.69) is 15.3 Å². The van der Waals surface area contributed by atoms with Crippen LogP contribution in [0.2, 0.25) is 0 Å². The Balaban J connectivity index is 1.63. The predicted octanol–water partition coefficient (Wildman–Crippen LogP) is 2.43. The van der Waals surface area contributed by atoms with Crippen LogP contribution in [0.25, 0.3) is 11.3 Å². The van der Waals surface area contributed by atoms with Gasteiger partial charge in [0.25, 0.3) is 0 Å². The highest BCUT2D eigenvalue weighted by molar-refractivity contribution is 7.89. The SMILES string of the molecule is NS(=O)(=O)c1ccc(N=CC2C(=O)Nc3ncc(-c4ccco4)cc32)cc1. The van der Waals surface area contributed by atoms with Crippen LogP contribution in [0.15, 0.2) is 69.2 Å². The summed E-state index contributed by atoms with van der Waals surface area (Å²) in [7, 11) is -3.76. The van der Waals surface area contributed by atoms with Crippen molar-refractivity contribution in [1.29, 1.82) is 0 Å². The molecule has 3 heterocycles. The second-order valence-corrected chi connectivity index (χ2v) is 7.48. The molecule has 9 heteroatoms. The van der Waals surface area contributed by atoms with E-state index < -0.39 is 15.9 Å². The van der Waals surface area contributed by atoms with E-state index in [1.807, 2.05) is 12.1 Å². The number of aromatic nitrogens is 1. The van der Waals surface area contributed by atoms with Gasteiger partial charge in [0.1, 0.15) is 17.5 Å². The molecule has 0 saturated heterocycles. The lowest BCUT2D eigenvalue weighted by Crippen LogP contribution is -2.13. The molecular weight excluding hydrogens is 368 g/mol. The summed E-state index contributed by atoms with van der Waals surface area (Å²) in [6.45, 7) is 0. The van der Waals surface area contributed by atoms with Crippen LogP contribution in [0.4, 0.5) is 11.5 Å². The normalized spacial score (nSPS) is 16.5. The Morgan fingerprint density at radius 3 is 2.67 bits per heavy atom. The molecule has 1 aromatic carbocycles. The highest BCUT2D eigenvalue weighted by atomic mass is 32.2. The van der Waals surface area contributed by atoms with Crippen LogP contribution >= 0.6 is 0 Å². The average molecular weight is 382 g/mol. The molecule has 136 valence electrons. The Morgan fingerprint density at radius 2 is 2.00 bits per heavy atom. The number of benzene rings is 1. The molecule has 2 aromatic heterocycles. The smallest absolute Gasteiger partial charge is 0.238 e. The maximum Gasteiger partial charge on any atom is 0.238 e. The molecule has 0 radical (unpaired) electrons. The number of rotatable bonds is 4. The van der Waals surface area contributed by atoms with Crippen LogP contribution in [-0.4, -0.2) is 25.5 Å². The first-order valence-corrected chi connectivity index (χ1v) is 9.48. The quantitative estimate of drug-likeness (QED) is 0.670. The number of sulfonamides is 1. The molecule has 1 aliphatic rings. The standard InChI is InChI=1S/C18H14N4O4S/c19-27(24,25)13-5-3-12(4-6-13)20-10-15-14-8-11(16-2-1-7-26-16)9-21-17(14)22-18(15)23/h1-10,15H,(H2,19,24,25)(H,21,22,23). The number of furan rings is 1. The lowest BCUT2D eigenvalue weighted by Gasteiger charge is -2.04. The number of nitrogens with two attached hydrogens (primary N) is 1. The van der Waals surface area contributed by atoms with Gasteiger partial charge in [0.05, 0.1) is 16.8 Å². The van der Waals surface area contributed by atoms with Gasteiger partial charge >= 0.3 is 0 Å². The van der Waals surface area contributed by atoms with Crippen molar-refractivity contribution in [2.24, 2.45) is 10.1 Å². The molecule has 1 unspecified atom stereocenters. The second-order valence-electron chi connectivity index (χ2n) is 5.92. The Labute approximate surface area is 154 Å². The van der Waals surface area contributed by atoms with Crippen LogP contribution in [0.5, 0.6) is 0 Å². The molecule has 0 spiro atoms. The topological polar surface area (TPSA) is 128 Å². The zero-order chi connectivity index (χ0) is 19.0. The summed E-state index contributed by atoms with van der Waals surface area (Å²) < 4.78 is 28.0. The van der Waals surface area contributed by atoms with Crippen molar-refractivity contribution in [3.05, 3.63) is 60.5 Å². The molecule has 1 atom stereocenters. The minimum absolute atomic E-state index is 0.00213. The van der Waals surface area contributed by atoms with E-state index in [1.165, 1.54) is 30.5 Å². The van der Waals surface area contributed by atoms with E-state index in [9.17, 15) is 13.2 Å². The van der Waals surface area contributed by atoms with Gasteiger partial charge in [-0.3, -0.25) is 9.79 Å². The zero-order valence-electron chi connectivity index (χ0n) is 13.9. The van der Waals surface area contributed by atoms with E-state index in [-0.39, 0.29) is 10.8 Å². The van der Waals surface area contributed by atoms with Gasteiger partial charge in [0, 0.05) is 23.5 Å². The molecule has 0 fully saturated rings. The number of nitrogens with zero attached hydrogens (tertiary/aromatic N) is 2. The minimum atomic E-state index is -3.76. The molecule has 0 aliphatic carbocycles. The number of fused-ring (bicyclic) bond motifs is 1. The Bertz CT molecular complexity index is 1140. The lowest BCUT2D eigenvalue weighted by atomic mass is 10.0. The van der Waals surface area contributed by atoms with Gasteiger partial charge in [-0.05, 0) is 42.5 Å². The van der Waals surface area contributed by atoms with Crippen LogP contribution in [0.1, 0.15) is 11.5 Å². The molecule has 1 aliphatic heterocycles. The maximum absolute atomic E-state index is 12.3. The third-order valence-electron chi connectivity index (χ3n) is 4.12. The summed E-state index contributed by atoms with van der Waals surface area (Å²) in [5.74, 6) is 0.287. The van der Waals surface area contributed by atoms with E-state index in [0.29, 0.717) is 22.8 Å². The fourth-order valence-electron chi connectivity index (χ4n) is 2.77. The summed E-state index contributed by atoms with van der Waals surface area (Å²) in [6, 6.07) is 11.2. The van der Waals surface area contributed by atoms with Gasteiger partial charge in [0.2, 0.25) is 15.9 Å². The van der Waals surface area contributed by atoms with Crippen molar-refractivity contribution in [3.63, 3.8) is 0 Å². The largest absolute Gasteiger partial charge is 0.464 e. The van der Waals surface area contributed by atoms with E-state index in [0.717, 1.165) is 5.56 Å². The highest BCUT2D eigenvalue weighted by Crippen LogP contribution is 2.33. The molecule has 27 heavy (non-hydrogen) atoms. The molecule has 1 amide bonds. The number of pyridine rings is 1. The summed E-state index contributed by atoms with van der Waals surface area (Å²) in [5, 5.41) is 7.79. The molecule has 0 saturated carbocycles. The molecule has 3 aromatic rings. The van der Waals surface area contributed by atoms with E-state index in [1.54, 1.807) is 18.5 Å². The number of nitrogens with one attached hydrogen (secondary N) is 1. The van der Waals surface area contributed by atoms with Gasteiger partial charge in [-0.15, -0.1) is 0 Å². The number of hydrogen-bond acceptors (Lipinski definition) is 6. The molecule has 8 nitrogen and oxygen atoms in total. The highest BCUT2D eigenvalue weighted by Gasteiger charge is 2.31. The van der Waals surface area contributed by atoms with Crippen molar-refractivity contribution < 1.29 is 17.6 Å². The first-order chi connectivity index (χ1) is 12.9. The van der Waals surface area contributed by atoms with Crippen molar-refractivity contribution >= 4 is 33.7 Å². The monoisotopic (exact) mass is 382 g/mol. The van der Waals surface area contributed by atoms with Crippen molar-refractivity contribution in [3.8, 4) is 11.3 Å². The summed E-state index contributed by atoms with van der Waals surface area (Å²) >= 11 is 0. The number of carbonyl (C=O) groups is 1. The van der Waals surface area contributed by atoms with Gasteiger partial charge in [-0.1, -0.05) is 0 Å². The Hall–Kier alpha value is -3.30. The minimum Gasteiger partial charge on any atom is -0.464 e. The summed E-state index contributed by atoms with van der Waals surface area (Å²) in [5.41, 5.74) is 1.95. The number of hydrogen-bond donors (Lipinski definition) is 2. The lowest BCUT2D eigenvalue weighted by molar-refractivity contribution is -0.115. The van der Waals surface area contributed by atoms with E-state index >= 15 is 0 Å². The Kier molecular flexibility index (Phi) is 4.09. The number of aliphatic imine (C=N–C) groups is 1. The number of primary sulfonamides is 1. The molecule has 0 bridgehead atoms. The third-order valence-corrected chi connectivity index (χ3v) is 5.05. The van der Waals surface area contributed by atoms with Gasteiger partial charge in [0.15, 0.2) is 0 Å². The van der Waals surface area contributed by atoms with Gasteiger partial charge in [-0.25, -0.2) is 18.5 Å². The first-order valence-electron chi connectivity index (χ1n) is 7.93. The number of amides is 1. The maximum atomic E-state index is 12.3. The Morgan fingerprint density at radius 1 is 1.22 bits per heavy atom. The van der Waals surface area contributed by atoms with Crippen molar-refractivity contribution in [1.82, 2.24) is 4.98 Å². The molecule has 3 N–H and O–H groups in total. The number of carbonyl (C=O) groups excluding carboxylic acids is 1. The second kappa shape index (κ2) is 6.45. The first kappa shape index (κ1) is 17.1. The average Bonchev–Trinajstić information content (AvgIpc) is 3.26. The van der Waals surface area contributed by atoms with Crippen LogP contribution in [0.3, 0.4) is 0 Å². The fraction of sp³-hybridized carbons (Fsp3) is 0.0556. The van der Waals surface area contributed by atoms with Crippen LogP contribution in [-0.2, 0) is 14.8 Å². The number of anilines is 1. The van der Waals surface area contributed by atoms with Crippen molar-refractivity contribution in [2.45, 2.75) is 10.8 Å². The summed E-state index contributed by atoms with van der Waals surface area (Å²) in [6.07, 6.45) is 4.69. The fourth-order valence-corrected chi connectivity index (χ4v) is 3.28. The third kappa shape index (κ3) is 3.37. The molecular formula is C18H14N4O4S. The van der Waals surface area contributed by atoms with E-state index in [4.69, 9.17) is 9.56 Å². The molecule has 4 rings (SSSR count). The zero-order valence-corrected chi connectivity index (χ0v) is 14.7. The van der Waals surface area contributed by atoms with Gasteiger partial charge < -0.3 is 9.73 Å². The van der Waals surface area contributed by atoms with Crippen LogP contribution in [0, 0.1) is 0 Å². The van der Waals surface area contributed by atoms with Crippen LogP contribution < -0.4 is 10.5 Å². The summed E-state index contributed by atoms with van der Waals surface area (Å²) in [4.78, 5) is 20.8.